The second kappa shape index (κ2) is 12.6. The van der Waals surface area contributed by atoms with Gasteiger partial charge >= 0.3 is 0 Å². The minimum absolute atomic E-state index is 0.00193. The Balaban J connectivity index is 1.28. The summed E-state index contributed by atoms with van der Waals surface area (Å²) in [6, 6.07) is 25.6. The highest BCUT2D eigenvalue weighted by molar-refractivity contribution is 6.69. The van der Waals surface area contributed by atoms with E-state index in [0.29, 0.717) is 16.7 Å². The smallest absolute Gasteiger partial charge is 0.164 e. The van der Waals surface area contributed by atoms with Crippen LogP contribution in [0, 0.1) is 0 Å². The summed E-state index contributed by atoms with van der Waals surface area (Å²) in [4.78, 5) is 14.2. The van der Waals surface area contributed by atoms with Crippen molar-refractivity contribution < 1.29 is 8.83 Å². The fourth-order valence-corrected chi connectivity index (χ4v) is 7.06. The summed E-state index contributed by atoms with van der Waals surface area (Å²) in [5, 5.41) is 3.83. The van der Waals surface area contributed by atoms with Crippen LogP contribution in [-0.4, -0.2) is 93.4 Å². The Morgan fingerprint density at radius 1 is 0.370 bits per heavy atom. The topological polar surface area (TPSA) is 65.0 Å². The Morgan fingerprint density at radius 3 is 1.50 bits per heavy atom. The molecule has 0 aliphatic heterocycles. The Kier molecular flexibility index (Phi) is 8.00. The van der Waals surface area contributed by atoms with Gasteiger partial charge in [-0.05, 0) is 29.8 Å². The molecule has 9 rings (SSSR count). The number of aromatic nitrogens is 3. The Bertz CT molecular complexity index is 2940. The number of fused-ring (bicyclic) bond motifs is 6. The van der Waals surface area contributed by atoms with Gasteiger partial charge in [-0.25, -0.2) is 15.0 Å². The van der Waals surface area contributed by atoms with Crippen molar-refractivity contribution in [1.29, 1.82) is 0 Å². The van der Waals surface area contributed by atoms with Gasteiger partial charge in [0.15, 0.2) is 17.5 Å². The lowest BCUT2D eigenvalue weighted by atomic mass is 9.60. The van der Waals surface area contributed by atoms with E-state index in [9.17, 15) is 0 Å². The molecule has 5 nitrogen and oxygen atoms in total. The van der Waals surface area contributed by atoms with Crippen molar-refractivity contribution in [3.63, 3.8) is 0 Å². The summed E-state index contributed by atoms with van der Waals surface area (Å²) >= 11 is 0. The molecule has 6 aromatic carbocycles. The molecule has 0 aliphatic carbocycles. The maximum absolute atomic E-state index is 6.47. The second-order valence-corrected chi connectivity index (χ2v) is 13.0. The maximum atomic E-state index is 6.47. The van der Waals surface area contributed by atoms with Gasteiger partial charge in [0, 0.05) is 43.8 Å². The third kappa shape index (κ3) is 5.04. The first-order chi connectivity index (χ1) is 25.9. The van der Waals surface area contributed by atoms with Crippen molar-refractivity contribution in [3.8, 4) is 45.3 Å². The van der Waals surface area contributed by atoms with E-state index in [-0.39, 0.29) is 83.2 Å². The van der Waals surface area contributed by atoms with E-state index < -0.39 is 0 Å². The third-order valence-electron chi connectivity index (χ3n) is 9.93. The molecule has 0 aliphatic rings. The van der Waals surface area contributed by atoms with Crippen LogP contribution in [0.1, 0.15) is 0 Å². The zero-order chi connectivity index (χ0) is 37.7. The van der Waals surface area contributed by atoms with E-state index >= 15 is 0 Å². The first-order valence-electron chi connectivity index (χ1n) is 16.6. The average molecular weight is 664 g/mol. The van der Waals surface area contributed by atoms with Crippen LogP contribution >= 0.6 is 0 Å². The fourth-order valence-electron chi connectivity index (χ4n) is 7.06. The number of para-hydroxylation sites is 2. The highest BCUT2D eigenvalue weighted by atomic mass is 16.3. The molecule has 15 heteroatoms. The molecule has 0 saturated carbocycles. The largest absolute Gasteiger partial charge is 0.456 e. The van der Waals surface area contributed by atoms with E-state index in [4.69, 9.17) is 97.3 Å². The molecule has 3 heterocycles. The molecular formula is C39H13B10N3O2. The molecule has 0 atom stereocenters. The van der Waals surface area contributed by atoms with Gasteiger partial charge < -0.3 is 8.83 Å². The van der Waals surface area contributed by atoms with Crippen molar-refractivity contribution in [3.05, 3.63) is 78.9 Å². The number of rotatable bonds is 4. The molecule has 0 N–H and O–H groups in total. The molecule has 9 aromatic rings. The molecule has 0 unspecified atom stereocenters. The third-order valence-corrected chi connectivity index (χ3v) is 9.93. The normalized spacial score (nSPS) is 11.7. The predicted octanol–water partition coefficient (Wildman–Crippen LogP) is -1.72. The van der Waals surface area contributed by atoms with E-state index in [0.717, 1.165) is 43.8 Å². The van der Waals surface area contributed by atoms with E-state index in [1.165, 1.54) is 0 Å². The van der Waals surface area contributed by atoms with Gasteiger partial charge in [-0.1, -0.05) is 76.4 Å². The summed E-state index contributed by atoms with van der Waals surface area (Å²) in [5.74, 6) is 0.175. The second-order valence-electron chi connectivity index (χ2n) is 13.0. The summed E-state index contributed by atoms with van der Waals surface area (Å²) in [5.41, 5.74) is 5.67. The van der Waals surface area contributed by atoms with Crippen LogP contribution in [0.15, 0.2) is 87.7 Å². The highest BCUT2D eigenvalue weighted by Gasteiger charge is 2.22. The van der Waals surface area contributed by atoms with E-state index in [1.807, 2.05) is 60.7 Å². The first kappa shape index (κ1) is 34.4. The van der Waals surface area contributed by atoms with Gasteiger partial charge in [0.2, 0.25) is 0 Å². The van der Waals surface area contributed by atoms with Crippen LogP contribution in [0.2, 0.25) is 0 Å². The lowest BCUT2D eigenvalue weighted by Gasteiger charge is -2.22. The van der Waals surface area contributed by atoms with Crippen molar-refractivity contribution in [1.82, 2.24) is 15.0 Å². The number of furan rings is 2. The van der Waals surface area contributed by atoms with Crippen molar-refractivity contribution in [2.24, 2.45) is 0 Å². The molecule has 0 spiro atoms. The van der Waals surface area contributed by atoms with Crippen LogP contribution in [0.3, 0.4) is 0 Å². The number of nitrogens with zero attached hydrogens (tertiary/aromatic N) is 3. The van der Waals surface area contributed by atoms with E-state index in [1.54, 1.807) is 0 Å². The van der Waals surface area contributed by atoms with Crippen LogP contribution < -0.4 is 54.6 Å². The van der Waals surface area contributed by atoms with Gasteiger partial charge in [-0.2, -0.15) is 0 Å². The van der Waals surface area contributed by atoms with Crippen LogP contribution in [0.4, 0.5) is 0 Å². The van der Waals surface area contributed by atoms with Gasteiger partial charge in [-0.3, -0.25) is 0 Å². The minimum atomic E-state index is 0.00193. The lowest BCUT2D eigenvalue weighted by Crippen LogP contribution is -2.55. The molecular weight excluding hydrogens is 651 g/mol. The predicted molar refractivity (Wildman–Crippen MR) is 230 cm³/mol. The Hall–Kier alpha value is -5.42. The summed E-state index contributed by atoms with van der Waals surface area (Å²) < 4.78 is 12.9. The standard InChI is InChI=1S/C39H13B10N3O2/c40-26-24(27(41)31(45)34(48)30(26)44)38-50-37(51-39(52-38)25-28(42)32(46)35(49)33(47)29(25)43)14-11-12-19-22(13-14)53-21-10-4-6-16(23(19)21)18-8-3-7-17-15-5-1-2-9-20(15)54-36(17)18/h1-13H. The van der Waals surface area contributed by atoms with Crippen molar-refractivity contribution >= 4 is 177 Å². The molecule has 226 valence electrons. The van der Waals surface area contributed by atoms with Crippen molar-refractivity contribution in [2.45, 2.75) is 0 Å². The van der Waals surface area contributed by atoms with Crippen LogP contribution in [0.25, 0.3) is 89.2 Å². The quantitative estimate of drug-likeness (QED) is 0.210. The molecule has 3 aromatic heterocycles. The fraction of sp³-hybridized carbons (Fsp3) is 0. The zero-order valence-corrected chi connectivity index (χ0v) is 28.4. The lowest BCUT2D eigenvalue weighted by molar-refractivity contribution is 0.669. The number of hydrogen-bond acceptors (Lipinski definition) is 5. The highest BCUT2D eigenvalue weighted by Crippen LogP contribution is 2.42. The average Bonchev–Trinajstić information content (AvgIpc) is 3.76. The summed E-state index contributed by atoms with van der Waals surface area (Å²) in [6.07, 6.45) is 0. The van der Waals surface area contributed by atoms with Gasteiger partial charge in [-0.15, -0.1) is 32.8 Å². The number of hydrogen-bond donors (Lipinski definition) is 0. The van der Waals surface area contributed by atoms with E-state index in [2.05, 4.69) is 23.2 Å². The first-order valence-corrected chi connectivity index (χ1v) is 16.6. The molecule has 54 heavy (non-hydrogen) atoms. The minimum Gasteiger partial charge on any atom is -0.456 e. The van der Waals surface area contributed by atoms with Crippen LogP contribution in [0.5, 0.6) is 0 Å². The van der Waals surface area contributed by atoms with Gasteiger partial charge in [0.1, 0.15) is 101 Å². The molecule has 0 fully saturated rings. The summed E-state index contributed by atoms with van der Waals surface area (Å²) in [6.45, 7) is 0. The molecule has 20 radical (unpaired) electrons. The number of benzene rings is 6. The SMILES string of the molecule is [B]c1c([B])c([B])c(-c2nc(-c3ccc4c(c3)oc3cccc(-c5cccc6c5oc5ccccc56)c34)nc(-c3c([B])c([B])c([B])c([B])c3[B])n2)c([B])c1[B]. The monoisotopic (exact) mass is 665 g/mol. The van der Waals surface area contributed by atoms with Gasteiger partial charge in [0.05, 0.1) is 0 Å². The Morgan fingerprint density at radius 2 is 0.870 bits per heavy atom. The molecule has 0 bridgehead atoms. The molecule has 0 saturated heterocycles. The van der Waals surface area contributed by atoms with Gasteiger partial charge in [0.25, 0.3) is 0 Å². The summed E-state index contributed by atoms with van der Waals surface area (Å²) in [7, 11) is 62.9. The van der Waals surface area contributed by atoms with Crippen LogP contribution in [-0.2, 0) is 0 Å². The van der Waals surface area contributed by atoms with Crippen molar-refractivity contribution in [2.75, 3.05) is 0 Å². The maximum Gasteiger partial charge on any atom is 0.164 e. The zero-order valence-electron chi connectivity index (χ0n) is 28.4. The molecule has 0 amide bonds. The Labute approximate surface area is 323 Å².